The van der Waals surface area contributed by atoms with Crippen molar-refractivity contribution in [1.82, 2.24) is 20.2 Å². The molecule has 1 aromatic heterocycles. The topological polar surface area (TPSA) is 90.2 Å². The number of carbonyl (C=O) groups excluding carboxylic acids is 2. The lowest BCUT2D eigenvalue weighted by Gasteiger charge is -2.18. The van der Waals surface area contributed by atoms with Gasteiger partial charge in [-0.2, -0.15) is 0 Å². The minimum Gasteiger partial charge on any atom is -0.465 e. The van der Waals surface area contributed by atoms with Crippen LogP contribution in [0.2, 0.25) is 0 Å². The Balaban J connectivity index is 1.63. The number of methoxy groups -OCH3 is 1. The number of ether oxygens (including phenoxy) is 1. The quantitative estimate of drug-likeness (QED) is 0.668. The van der Waals surface area contributed by atoms with E-state index in [2.05, 4.69) is 15.5 Å². The van der Waals surface area contributed by atoms with Crippen molar-refractivity contribution < 1.29 is 14.3 Å². The molecule has 0 fully saturated rings. The first-order valence-electron chi connectivity index (χ1n) is 8.04. The van der Waals surface area contributed by atoms with Crippen LogP contribution < -0.4 is 4.90 Å². The van der Waals surface area contributed by atoms with Gasteiger partial charge in [0.1, 0.15) is 6.33 Å². The van der Waals surface area contributed by atoms with Crippen molar-refractivity contribution in [2.75, 3.05) is 18.6 Å². The summed E-state index contributed by atoms with van der Waals surface area (Å²) in [5.74, 6) is -0.490. The molecule has 0 N–H and O–H groups in total. The van der Waals surface area contributed by atoms with Crippen LogP contribution in [0.4, 0.5) is 5.69 Å². The van der Waals surface area contributed by atoms with Crippen molar-refractivity contribution in [2.45, 2.75) is 6.42 Å². The Bertz CT molecular complexity index is 984. The van der Waals surface area contributed by atoms with Crippen LogP contribution in [-0.4, -0.2) is 45.7 Å². The van der Waals surface area contributed by atoms with Crippen LogP contribution in [0.3, 0.4) is 0 Å². The molecular weight excluding hydrogens is 334 g/mol. The average molecular weight is 349 g/mol. The Morgan fingerprint density at radius 3 is 2.77 bits per heavy atom. The van der Waals surface area contributed by atoms with Crippen molar-refractivity contribution >= 4 is 17.6 Å². The van der Waals surface area contributed by atoms with Crippen LogP contribution in [0, 0.1) is 0 Å². The van der Waals surface area contributed by atoms with Gasteiger partial charge in [0.25, 0.3) is 5.91 Å². The lowest BCUT2D eigenvalue weighted by atomic mass is 10.1. The molecule has 1 amide bonds. The number of benzene rings is 2. The van der Waals surface area contributed by atoms with Gasteiger partial charge >= 0.3 is 5.97 Å². The smallest absolute Gasteiger partial charge is 0.337 e. The minimum atomic E-state index is -0.383. The molecule has 130 valence electrons. The standard InChI is InChI=1S/C18H15N5O3/c1-26-18(25)14-5-6-16-12(9-14)7-8-22(16)17(24)13-3-2-4-15(10-13)23-11-19-20-21-23/h2-6,9-11H,7-8H2,1H3. The molecule has 0 atom stereocenters. The number of fused-ring (bicyclic) bond motifs is 1. The molecule has 2 heterocycles. The zero-order valence-corrected chi connectivity index (χ0v) is 14.0. The molecule has 0 aliphatic carbocycles. The molecule has 1 aliphatic heterocycles. The second kappa shape index (κ2) is 6.40. The third-order valence-corrected chi connectivity index (χ3v) is 4.35. The van der Waals surface area contributed by atoms with Gasteiger partial charge in [0.2, 0.25) is 0 Å². The fourth-order valence-corrected chi connectivity index (χ4v) is 3.07. The number of aromatic nitrogens is 4. The molecule has 8 heteroatoms. The second-order valence-corrected chi connectivity index (χ2v) is 5.85. The molecule has 0 radical (unpaired) electrons. The fraction of sp³-hybridized carbons (Fsp3) is 0.167. The Labute approximate surface area is 149 Å². The van der Waals surface area contributed by atoms with Crippen LogP contribution in [0.5, 0.6) is 0 Å². The summed E-state index contributed by atoms with van der Waals surface area (Å²) in [6.07, 6.45) is 2.17. The van der Waals surface area contributed by atoms with E-state index in [9.17, 15) is 9.59 Å². The molecule has 0 unspecified atom stereocenters. The summed E-state index contributed by atoms with van der Waals surface area (Å²) in [6, 6.07) is 12.4. The maximum atomic E-state index is 13.0. The van der Waals surface area contributed by atoms with Crippen molar-refractivity contribution in [3.05, 3.63) is 65.5 Å². The number of nitrogens with zero attached hydrogens (tertiary/aromatic N) is 5. The Hall–Kier alpha value is -3.55. The van der Waals surface area contributed by atoms with E-state index in [4.69, 9.17) is 4.74 Å². The van der Waals surface area contributed by atoms with Gasteiger partial charge in [-0.25, -0.2) is 9.48 Å². The lowest BCUT2D eigenvalue weighted by Crippen LogP contribution is -2.29. The van der Waals surface area contributed by atoms with Crippen LogP contribution in [0.1, 0.15) is 26.3 Å². The molecule has 0 spiro atoms. The minimum absolute atomic E-state index is 0.107. The van der Waals surface area contributed by atoms with Crippen molar-refractivity contribution in [1.29, 1.82) is 0 Å². The predicted octanol–water partition coefficient (Wildman–Crippen LogP) is 1.65. The second-order valence-electron chi connectivity index (χ2n) is 5.85. The Kier molecular flexibility index (Phi) is 3.92. The molecule has 1 aliphatic rings. The van der Waals surface area contributed by atoms with Gasteiger partial charge in [0.15, 0.2) is 0 Å². The van der Waals surface area contributed by atoms with Gasteiger partial charge in [0, 0.05) is 17.8 Å². The van der Waals surface area contributed by atoms with E-state index in [0.717, 1.165) is 11.3 Å². The molecule has 8 nitrogen and oxygen atoms in total. The highest BCUT2D eigenvalue weighted by Gasteiger charge is 2.26. The van der Waals surface area contributed by atoms with Crippen LogP contribution in [0.25, 0.3) is 5.69 Å². The maximum Gasteiger partial charge on any atom is 0.337 e. The van der Waals surface area contributed by atoms with Crippen LogP contribution in [0.15, 0.2) is 48.8 Å². The summed E-state index contributed by atoms with van der Waals surface area (Å²) >= 11 is 0. The molecule has 26 heavy (non-hydrogen) atoms. The van der Waals surface area contributed by atoms with Crippen LogP contribution >= 0.6 is 0 Å². The van der Waals surface area contributed by atoms with Gasteiger partial charge in [-0.3, -0.25) is 4.79 Å². The molecule has 4 rings (SSSR count). The first-order chi connectivity index (χ1) is 12.7. The van der Waals surface area contributed by atoms with E-state index >= 15 is 0 Å². The summed E-state index contributed by atoms with van der Waals surface area (Å²) < 4.78 is 6.25. The largest absolute Gasteiger partial charge is 0.465 e. The Morgan fingerprint density at radius 1 is 1.12 bits per heavy atom. The van der Waals surface area contributed by atoms with Crippen LogP contribution in [-0.2, 0) is 11.2 Å². The number of carbonyl (C=O) groups is 2. The number of esters is 1. The van der Waals surface area contributed by atoms with Crippen molar-refractivity contribution in [3.63, 3.8) is 0 Å². The highest BCUT2D eigenvalue weighted by Crippen LogP contribution is 2.30. The number of anilines is 1. The molecule has 0 saturated carbocycles. The molecule has 0 bridgehead atoms. The zero-order chi connectivity index (χ0) is 18.1. The van der Waals surface area contributed by atoms with Crippen molar-refractivity contribution in [3.8, 4) is 5.69 Å². The third-order valence-electron chi connectivity index (χ3n) is 4.35. The first-order valence-corrected chi connectivity index (χ1v) is 8.04. The monoisotopic (exact) mass is 349 g/mol. The predicted molar refractivity (Wildman–Crippen MR) is 92.3 cm³/mol. The third kappa shape index (κ3) is 2.71. The number of tetrazole rings is 1. The van der Waals surface area contributed by atoms with Gasteiger partial charge in [0.05, 0.1) is 18.4 Å². The molecule has 0 saturated heterocycles. The summed E-state index contributed by atoms with van der Waals surface area (Å²) in [7, 11) is 1.35. The number of hydrogen-bond donors (Lipinski definition) is 0. The zero-order valence-electron chi connectivity index (χ0n) is 14.0. The average Bonchev–Trinajstić information content (AvgIpc) is 3.36. The van der Waals surface area contributed by atoms with Gasteiger partial charge in [-0.1, -0.05) is 6.07 Å². The van der Waals surface area contributed by atoms with Crippen molar-refractivity contribution in [2.24, 2.45) is 0 Å². The van der Waals surface area contributed by atoms with Gasteiger partial charge in [-0.05, 0) is 58.8 Å². The lowest BCUT2D eigenvalue weighted by molar-refractivity contribution is 0.0600. The van der Waals surface area contributed by atoms with E-state index in [0.29, 0.717) is 29.8 Å². The Morgan fingerprint density at radius 2 is 2.00 bits per heavy atom. The van der Waals surface area contributed by atoms with E-state index in [1.54, 1.807) is 41.3 Å². The number of amides is 1. The highest BCUT2D eigenvalue weighted by atomic mass is 16.5. The van der Waals surface area contributed by atoms with E-state index in [-0.39, 0.29) is 11.9 Å². The molecule has 2 aromatic carbocycles. The summed E-state index contributed by atoms with van der Waals surface area (Å²) in [5, 5.41) is 11.1. The van der Waals surface area contributed by atoms with E-state index in [1.807, 2.05) is 6.07 Å². The normalized spacial score (nSPS) is 12.7. The van der Waals surface area contributed by atoms with E-state index in [1.165, 1.54) is 18.1 Å². The summed E-state index contributed by atoms with van der Waals surface area (Å²) in [6.45, 7) is 0.563. The fourth-order valence-electron chi connectivity index (χ4n) is 3.07. The first kappa shape index (κ1) is 15.9. The van der Waals surface area contributed by atoms with Gasteiger partial charge < -0.3 is 9.64 Å². The van der Waals surface area contributed by atoms with E-state index < -0.39 is 0 Å². The SMILES string of the molecule is COC(=O)c1ccc2c(c1)CCN2C(=O)c1cccc(-n2cnnn2)c1. The summed E-state index contributed by atoms with van der Waals surface area (Å²) in [4.78, 5) is 26.4. The molecule has 3 aromatic rings. The highest BCUT2D eigenvalue weighted by molar-refractivity contribution is 6.07. The van der Waals surface area contributed by atoms with Gasteiger partial charge in [-0.15, -0.1) is 5.10 Å². The summed E-state index contributed by atoms with van der Waals surface area (Å²) in [5.41, 5.74) is 3.51. The molecular formula is C18H15N5O3. The maximum absolute atomic E-state index is 13.0. The number of rotatable bonds is 3. The number of hydrogen-bond acceptors (Lipinski definition) is 6.